The van der Waals surface area contributed by atoms with Gasteiger partial charge >= 0.3 is 0 Å². The lowest BCUT2D eigenvalue weighted by atomic mass is 9.92. The standard InChI is InChI=1S/C11H16BrN3O/c1-15-11(9(12)7-14-15)10(16)6-8-2-4-13-5-3-8/h7-8,13H,2-6H2,1H3. The Morgan fingerprint density at radius 1 is 1.62 bits per heavy atom. The third kappa shape index (κ3) is 2.52. The van der Waals surface area contributed by atoms with E-state index in [9.17, 15) is 4.79 Å². The van der Waals surface area contributed by atoms with Crippen LogP contribution >= 0.6 is 15.9 Å². The second-order valence-corrected chi connectivity index (χ2v) is 5.14. The van der Waals surface area contributed by atoms with Gasteiger partial charge < -0.3 is 5.32 Å². The monoisotopic (exact) mass is 285 g/mol. The first-order valence-electron chi connectivity index (χ1n) is 5.60. The van der Waals surface area contributed by atoms with Crippen molar-refractivity contribution in [2.24, 2.45) is 13.0 Å². The molecule has 1 aliphatic heterocycles. The number of ketones is 1. The first kappa shape index (κ1) is 11.8. The van der Waals surface area contributed by atoms with Crippen LogP contribution in [0.4, 0.5) is 0 Å². The fourth-order valence-electron chi connectivity index (χ4n) is 2.17. The van der Waals surface area contributed by atoms with Crippen molar-refractivity contribution in [3.8, 4) is 0 Å². The van der Waals surface area contributed by atoms with Crippen molar-refractivity contribution < 1.29 is 4.79 Å². The molecule has 1 N–H and O–H groups in total. The zero-order chi connectivity index (χ0) is 11.5. The van der Waals surface area contributed by atoms with Crippen LogP contribution in [0.5, 0.6) is 0 Å². The van der Waals surface area contributed by atoms with Crippen molar-refractivity contribution >= 4 is 21.7 Å². The molecule has 1 aromatic rings. The number of rotatable bonds is 3. The highest BCUT2D eigenvalue weighted by atomic mass is 79.9. The molecular formula is C11H16BrN3O. The minimum absolute atomic E-state index is 0.193. The van der Waals surface area contributed by atoms with Crippen molar-refractivity contribution in [3.63, 3.8) is 0 Å². The number of hydrogen-bond acceptors (Lipinski definition) is 3. The molecule has 2 rings (SSSR count). The van der Waals surface area contributed by atoms with Gasteiger partial charge in [-0.15, -0.1) is 0 Å². The average Bonchev–Trinajstić information content (AvgIpc) is 2.60. The van der Waals surface area contributed by atoms with Crippen molar-refractivity contribution in [1.82, 2.24) is 15.1 Å². The van der Waals surface area contributed by atoms with Gasteiger partial charge in [0.2, 0.25) is 0 Å². The number of piperidine rings is 1. The maximum absolute atomic E-state index is 12.1. The lowest BCUT2D eigenvalue weighted by molar-refractivity contribution is 0.0942. The molecule has 0 amide bonds. The van der Waals surface area contributed by atoms with E-state index in [0.717, 1.165) is 30.4 Å². The number of Topliss-reactive ketones (excluding diaryl/α,β-unsaturated/α-hetero) is 1. The predicted molar refractivity (Wildman–Crippen MR) is 65.4 cm³/mol. The molecule has 2 heterocycles. The summed E-state index contributed by atoms with van der Waals surface area (Å²) in [4.78, 5) is 12.1. The Kier molecular flexibility index (Phi) is 3.76. The molecule has 0 bridgehead atoms. The molecule has 1 saturated heterocycles. The highest BCUT2D eigenvalue weighted by molar-refractivity contribution is 9.10. The summed E-state index contributed by atoms with van der Waals surface area (Å²) in [5.41, 5.74) is 0.693. The van der Waals surface area contributed by atoms with E-state index in [0.29, 0.717) is 18.0 Å². The number of halogens is 1. The molecular weight excluding hydrogens is 270 g/mol. The molecule has 0 radical (unpaired) electrons. The zero-order valence-corrected chi connectivity index (χ0v) is 11.0. The number of hydrogen-bond donors (Lipinski definition) is 1. The lowest BCUT2D eigenvalue weighted by Gasteiger charge is -2.21. The Morgan fingerprint density at radius 3 is 2.88 bits per heavy atom. The van der Waals surface area contributed by atoms with Crippen LogP contribution in [0.15, 0.2) is 10.7 Å². The minimum Gasteiger partial charge on any atom is -0.317 e. The summed E-state index contributed by atoms with van der Waals surface area (Å²) in [5, 5.41) is 7.37. The van der Waals surface area contributed by atoms with Gasteiger partial charge in [-0.25, -0.2) is 0 Å². The van der Waals surface area contributed by atoms with E-state index in [1.165, 1.54) is 0 Å². The lowest BCUT2D eigenvalue weighted by Crippen LogP contribution is -2.29. The molecule has 0 aromatic carbocycles. The maximum Gasteiger partial charge on any atom is 0.182 e. The first-order chi connectivity index (χ1) is 7.68. The Labute approximate surface area is 104 Å². The Hall–Kier alpha value is -0.680. The minimum atomic E-state index is 0.193. The van der Waals surface area contributed by atoms with E-state index in [-0.39, 0.29) is 5.78 Å². The smallest absolute Gasteiger partial charge is 0.182 e. The molecule has 0 atom stereocenters. The van der Waals surface area contributed by atoms with E-state index in [2.05, 4.69) is 26.3 Å². The normalized spacial score (nSPS) is 17.6. The number of carbonyl (C=O) groups excluding carboxylic acids is 1. The van der Waals surface area contributed by atoms with Gasteiger partial charge in [-0.1, -0.05) is 0 Å². The number of aromatic nitrogens is 2. The number of nitrogens with zero attached hydrogens (tertiary/aromatic N) is 2. The van der Waals surface area contributed by atoms with Crippen LogP contribution in [0.2, 0.25) is 0 Å². The molecule has 5 heteroatoms. The van der Waals surface area contributed by atoms with E-state index in [1.807, 2.05) is 0 Å². The Bertz CT molecular complexity index is 363. The van der Waals surface area contributed by atoms with E-state index < -0.39 is 0 Å². The van der Waals surface area contributed by atoms with E-state index >= 15 is 0 Å². The van der Waals surface area contributed by atoms with Crippen LogP contribution in [0.1, 0.15) is 29.8 Å². The Morgan fingerprint density at radius 2 is 2.31 bits per heavy atom. The maximum atomic E-state index is 12.1. The van der Waals surface area contributed by atoms with Gasteiger partial charge in [-0.05, 0) is 47.8 Å². The van der Waals surface area contributed by atoms with Gasteiger partial charge in [-0.2, -0.15) is 5.10 Å². The molecule has 88 valence electrons. The highest BCUT2D eigenvalue weighted by Gasteiger charge is 2.21. The van der Waals surface area contributed by atoms with Gasteiger partial charge in [0, 0.05) is 13.5 Å². The zero-order valence-electron chi connectivity index (χ0n) is 9.37. The van der Waals surface area contributed by atoms with Gasteiger partial charge in [0.05, 0.1) is 10.7 Å². The molecule has 1 aromatic heterocycles. The van der Waals surface area contributed by atoms with Crippen LogP contribution in [-0.2, 0) is 7.05 Å². The van der Waals surface area contributed by atoms with Gasteiger partial charge in [0.25, 0.3) is 0 Å². The third-order valence-electron chi connectivity index (χ3n) is 3.09. The summed E-state index contributed by atoms with van der Waals surface area (Å²) in [7, 11) is 1.81. The van der Waals surface area contributed by atoms with E-state index in [1.54, 1.807) is 17.9 Å². The Balaban J connectivity index is 2.02. The van der Waals surface area contributed by atoms with Crippen LogP contribution in [0.3, 0.4) is 0 Å². The number of carbonyl (C=O) groups is 1. The molecule has 4 nitrogen and oxygen atoms in total. The molecule has 0 aliphatic carbocycles. The quantitative estimate of drug-likeness (QED) is 0.861. The summed E-state index contributed by atoms with van der Waals surface area (Å²) in [6, 6.07) is 0. The molecule has 0 unspecified atom stereocenters. The summed E-state index contributed by atoms with van der Waals surface area (Å²) in [6.45, 7) is 2.06. The largest absolute Gasteiger partial charge is 0.317 e. The average molecular weight is 286 g/mol. The topological polar surface area (TPSA) is 46.9 Å². The van der Waals surface area contributed by atoms with Gasteiger partial charge in [0.15, 0.2) is 5.78 Å². The van der Waals surface area contributed by atoms with Gasteiger partial charge in [-0.3, -0.25) is 9.48 Å². The van der Waals surface area contributed by atoms with Crippen molar-refractivity contribution in [1.29, 1.82) is 0 Å². The summed E-state index contributed by atoms with van der Waals surface area (Å²) in [6.07, 6.45) is 4.51. The molecule has 0 saturated carbocycles. The summed E-state index contributed by atoms with van der Waals surface area (Å²) in [5.74, 6) is 0.717. The SMILES string of the molecule is Cn1ncc(Br)c1C(=O)CC1CCNCC1. The van der Waals surface area contributed by atoms with Crippen LogP contribution < -0.4 is 5.32 Å². The third-order valence-corrected chi connectivity index (χ3v) is 3.67. The summed E-state index contributed by atoms with van der Waals surface area (Å²) < 4.78 is 2.45. The van der Waals surface area contributed by atoms with Crippen LogP contribution in [0, 0.1) is 5.92 Å². The molecule has 1 fully saturated rings. The van der Waals surface area contributed by atoms with Gasteiger partial charge in [0.1, 0.15) is 5.69 Å². The molecule has 1 aliphatic rings. The van der Waals surface area contributed by atoms with Crippen molar-refractivity contribution in [3.05, 3.63) is 16.4 Å². The molecule has 16 heavy (non-hydrogen) atoms. The fraction of sp³-hybridized carbons (Fsp3) is 0.636. The number of nitrogens with one attached hydrogen (secondary N) is 1. The molecule has 0 spiro atoms. The fourth-order valence-corrected chi connectivity index (χ4v) is 2.74. The highest BCUT2D eigenvalue weighted by Crippen LogP contribution is 2.22. The van der Waals surface area contributed by atoms with Crippen LogP contribution in [0.25, 0.3) is 0 Å². The van der Waals surface area contributed by atoms with E-state index in [4.69, 9.17) is 0 Å². The number of aryl methyl sites for hydroxylation is 1. The van der Waals surface area contributed by atoms with Crippen molar-refractivity contribution in [2.75, 3.05) is 13.1 Å². The van der Waals surface area contributed by atoms with Crippen LogP contribution in [-0.4, -0.2) is 28.7 Å². The second kappa shape index (κ2) is 5.10. The summed E-state index contributed by atoms with van der Waals surface area (Å²) >= 11 is 3.37. The van der Waals surface area contributed by atoms with Crippen molar-refractivity contribution in [2.45, 2.75) is 19.3 Å². The first-order valence-corrected chi connectivity index (χ1v) is 6.39. The second-order valence-electron chi connectivity index (χ2n) is 4.29. The predicted octanol–water partition coefficient (Wildman–Crippen LogP) is 1.75.